The Kier molecular flexibility index (Phi) is 4.22. The summed E-state index contributed by atoms with van der Waals surface area (Å²) < 4.78 is 0. The van der Waals surface area contributed by atoms with Gasteiger partial charge in [0.2, 0.25) is 0 Å². The summed E-state index contributed by atoms with van der Waals surface area (Å²) in [7, 11) is 0. The zero-order valence-electron chi connectivity index (χ0n) is 8.71. The third kappa shape index (κ3) is 3.77. The van der Waals surface area contributed by atoms with Gasteiger partial charge in [0.1, 0.15) is 0 Å². The maximum absolute atomic E-state index is 5.39. The van der Waals surface area contributed by atoms with Crippen LogP contribution in [0.2, 0.25) is 0 Å². The van der Waals surface area contributed by atoms with Crippen LogP contribution in [0.4, 0.5) is 0 Å². The van der Waals surface area contributed by atoms with E-state index in [9.17, 15) is 0 Å². The van der Waals surface area contributed by atoms with Crippen LogP contribution in [0.25, 0.3) is 0 Å². The predicted octanol–water partition coefficient (Wildman–Crippen LogP) is 1.14. The van der Waals surface area contributed by atoms with Crippen LogP contribution in [0.15, 0.2) is 4.99 Å². The first-order valence-corrected chi connectivity index (χ1v) is 5.22. The smallest absolute Gasteiger partial charge is 0.0966 e. The van der Waals surface area contributed by atoms with Crippen molar-refractivity contribution in [3.63, 3.8) is 0 Å². The van der Waals surface area contributed by atoms with Gasteiger partial charge in [-0.2, -0.15) is 0 Å². The van der Waals surface area contributed by atoms with E-state index in [0.717, 1.165) is 24.7 Å². The van der Waals surface area contributed by atoms with E-state index in [-0.39, 0.29) is 0 Å². The van der Waals surface area contributed by atoms with Crippen molar-refractivity contribution in [1.29, 1.82) is 0 Å². The fourth-order valence-corrected chi connectivity index (χ4v) is 1.76. The maximum atomic E-state index is 5.39. The molecule has 1 aliphatic heterocycles. The SMILES string of the molecule is CC(C)CC1CCC(=NCCN)N1. The van der Waals surface area contributed by atoms with Crippen molar-refractivity contribution in [1.82, 2.24) is 5.32 Å². The minimum atomic E-state index is 0.650. The standard InChI is InChI=1S/C10H21N3/c1-8(2)7-9-3-4-10(13-9)12-6-5-11/h8-9H,3-7,11H2,1-2H3,(H,12,13). The molecule has 1 heterocycles. The normalized spacial score (nSPS) is 25.5. The third-order valence-electron chi connectivity index (χ3n) is 2.29. The number of hydrogen-bond acceptors (Lipinski definition) is 2. The molecule has 13 heavy (non-hydrogen) atoms. The second-order valence-electron chi connectivity index (χ2n) is 4.13. The number of nitrogens with zero attached hydrogens (tertiary/aromatic N) is 1. The van der Waals surface area contributed by atoms with Gasteiger partial charge in [-0.15, -0.1) is 0 Å². The van der Waals surface area contributed by atoms with Crippen LogP contribution in [-0.4, -0.2) is 25.0 Å². The number of amidine groups is 1. The minimum absolute atomic E-state index is 0.650. The molecular weight excluding hydrogens is 162 g/mol. The number of rotatable bonds is 4. The molecule has 0 bridgehead atoms. The molecule has 0 aromatic rings. The fraction of sp³-hybridized carbons (Fsp3) is 0.900. The van der Waals surface area contributed by atoms with Crippen LogP contribution in [0, 0.1) is 5.92 Å². The highest BCUT2D eigenvalue weighted by molar-refractivity contribution is 5.84. The average molecular weight is 183 g/mol. The van der Waals surface area contributed by atoms with Crippen molar-refractivity contribution in [2.45, 2.75) is 39.2 Å². The summed E-state index contributed by atoms with van der Waals surface area (Å²) in [6, 6.07) is 0.650. The Morgan fingerprint density at radius 3 is 3.00 bits per heavy atom. The molecule has 0 aromatic heterocycles. The molecule has 0 saturated carbocycles. The van der Waals surface area contributed by atoms with Gasteiger partial charge in [-0.3, -0.25) is 4.99 Å². The largest absolute Gasteiger partial charge is 0.371 e. The Morgan fingerprint density at radius 2 is 2.38 bits per heavy atom. The fourth-order valence-electron chi connectivity index (χ4n) is 1.76. The maximum Gasteiger partial charge on any atom is 0.0966 e. The van der Waals surface area contributed by atoms with E-state index in [2.05, 4.69) is 24.2 Å². The summed E-state index contributed by atoms with van der Waals surface area (Å²) in [5.74, 6) is 1.93. The Morgan fingerprint density at radius 1 is 1.62 bits per heavy atom. The summed E-state index contributed by atoms with van der Waals surface area (Å²) in [6.07, 6.45) is 3.60. The van der Waals surface area contributed by atoms with E-state index in [0.29, 0.717) is 12.6 Å². The molecule has 3 nitrogen and oxygen atoms in total. The van der Waals surface area contributed by atoms with Gasteiger partial charge in [-0.1, -0.05) is 13.8 Å². The first kappa shape index (κ1) is 10.5. The Bertz CT molecular complexity index is 175. The van der Waals surface area contributed by atoms with Crippen molar-refractivity contribution in [2.24, 2.45) is 16.6 Å². The quantitative estimate of drug-likeness (QED) is 0.686. The van der Waals surface area contributed by atoms with Crippen LogP contribution in [-0.2, 0) is 0 Å². The van der Waals surface area contributed by atoms with Gasteiger partial charge in [-0.25, -0.2) is 0 Å². The number of aliphatic imine (C=N–C) groups is 1. The first-order valence-electron chi connectivity index (χ1n) is 5.22. The van der Waals surface area contributed by atoms with Crippen molar-refractivity contribution in [2.75, 3.05) is 13.1 Å². The van der Waals surface area contributed by atoms with Crippen molar-refractivity contribution >= 4 is 5.84 Å². The summed E-state index contributed by atoms with van der Waals surface area (Å²) in [4.78, 5) is 4.38. The molecule has 1 aliphatic rings. The molecule has 1 rings (SSSR count). The van der Waals surface area contributed by atoms with Gasteiger partial charge in [0.25, 0.3) is 0 Å². The van der Waals surface area contributed by atoms with Crippen molar-refractivity contribution < 1.29 is 0 Å². The summed E-state index contributed by atoms with van der Waals surface area (Å²) in [6.45, 7) is 5.93. The van der Waals surface area contributed by atoms with Gasteiger partial charge in [0.05, 0.1) is 12.4 Å². The van der Waals surface area contributed by atoms with Crippen molar-refractivity contribution in [3.8, 4) is 0 Å². The van der Waals surface area contributed by atoms with E-state index in [1.807, 2.05) is 0 Å². The molecule has 0 amide bonds. The van der Waals surface area contributed by atoms with Crippen LogP contribution in [0.1, 0.15) is 33.1 Å². The number of nitrogens with two attached hydrogens (primary N) is 1. The first-order chi connectivity index (χ1) is 6.22. The topological polar surface area (TPSA) is 50.4 Å². The van der Waals surface area contributed by atoms with Gasteiger partial charge in [0.15, 0.2) is 0 Å². The minimum Gasteiger partial charge on any atom is -0.371 e. The lowest BCUT2D eigenvalue weighted by Crippen LogP contribution is -2.27. The van der Waals surface area contributed by atoms with Gasteiger partial charge >= 0.3 is 0 Å². The Hall–Kier alpha value is -0.570. The van der Waals surface area contributed by atoms with E-state index >= 15 is 0 Å². The van der Waals surface area contributed by atoms with Crippen LogP contribution in [0.5, 0.6) is 0 Å². The lowest BCUT2D eigenvalue weighted by molar-refractivity contribution is 0.474. The number of hydrogen-bond donors (Lipinski definition) is 2. The lowest BCUT2D eigenvalue weighted by atomic mass is 10.0. The highest BCUT2D eigenvalue weighted by Gasteiger charge is 2.19. The number of nitrogens with one attached hydrogen (secondary N) is 1. The molecule has 0 aromatic carbocycles. The molecule has 1 atom stereocenters. The predicted molar refractivity (Wildman–Crippen MR) is 57.0 cm³/mol. The molecule has 76 valence electrons. The molecule has 3 heteroatoms. The molecule has 3 N–H and O–H groups in total. The van der Waals surface area contributed by atoms with Crippen molar-refractivity contribution in [3.05, 3.63) is 0 Å². The summed E-state index contributed by atoms with van der Waals surface area (Å²) in [5, 5.41) is 3.45. The Labute approximate surface area is 80.8 Å². The zero-order valence-corrected chi connectivity index (χ0v) is 8.71. The second kappa shape index (κ2) is 5.22. The highest BCUT2D eigenvalue weighted by Crippen LogP contribution is 2.15. The lowest BCUT2D eigenvalue weighted by Gasteiger charge is -2.12. The molecular formula is C10H21N3. The summed E-state index contributed by atoms with van der Waals surface area (Å²) >= 11 is 0. The van der Waals surface area contributed by atoms with Gasteiger partial charge in [0, 0.05) is 19.0 Å². The van der Waals surface area contributed by atoms with E-state index in [4.69, 9.17) is 5.73 Å². The van der Waals surface area contributed by atoms with E-state index < -0.39 is 0 Å². The van der Waals surface area contributed by atoms with Crippen LogP contribution < -0.4 is 11.1 Å². The molecule has 0 spiro atoms. The van der Waals surface area contributed by atoms with E-state index in [1.54, 1.807) is 0 Å². The Balaban J connectivity index is 2.27. The third-order valence-corrected chi connectivity index (χ3v) is 2.29. The molecule has 1 fully saturated rings. The molecule has 0 radical (unpaired) electrons. The second-order valence-corrected chi connectivity index (χ2v) is 4.13. The summed E-state index contributed by atoms with van der Waals surface area (Å²) in [5.41, 5.74) is 5.39. The monoisotopic (exact) mass is 183 g/mol. The molecule has 1 saturated heterocycles. The highest BCUT2D eigenvalue weighted by atomic mass is 15.0. The van der Waals surface area contributed by atoms with Crippen LogP contribution >= 0.6 is 0 Å². The molecule has 1 unspecified atom stereocenters. The zero-order chi connectivity index (χ0) is 9.68. The molecule has 0 aliphatic carbocycles. The van der Waals surface area contributed by atoms with Gasteiger partial charge in [-0.05, 0) is 18.8 Å². The van der Waals surface area contributed by atoms with E-state index in [1.165, 1.54) is 12.8 Å². The van der Waals surface area contributed by atoms with Gasteiger partial charge < -0.3 is 11.1 Å². The van der Waals surface area contributed by atoms with Crippen LogP contribution in [0.3, 0.4) is 0 Å². The average Bonchev–Trinajstić information content (AvgIpc) is 2.48.